The fourth-order valence-corrected chi connectivity index (χ4v) is 9.64. The summed E-state index contributed by atoms with van der Waals surface area (Å²) in [5.74, 6) is -11.5. The first-order valence-corrected chi connectivity index (χ1v) is 28.5. The number of hydrogen-bond acceptors (Lipinski definition) is 18. The van der Waals surface area contributed by atoms with Crippen molar-refractivity contribution < 1.29 is 78.0 Å². The molecule has 2 aliphatic heterocycles. The van der Waals surface area contributed by atoms with Crippen molar-refractivity contribution in [2.75, 3.05) is 31.2 Å². The Morgan fingerprint density at radius 1 is 0.646 bits per heavy atom. The van der Waals surface area contributed by atoms with E-state index in [0.717, 1.165) is 6.42 Å². The number of aliphatic hydroxyl groups excluding tert-OH is 2. The normalized spacial score (nSPS) is 18.6. The van der Waals surface area contributed by atoms with Crippen LogP contribution in [0.15, 0.2) is 24.3 Å². The lowest BCUT2D eigenvalue weighted by Gasteiger charge is -2.34. The Kier molecular flexibility index (Phi) is 28.8. The van der Waals surface area contributed by atoms with Crippen LogP contribution in [-0.2, 0) is 64.0 Å². The van der Waals surface area contributed by atoms with Gasteiger partial charge >= 0.3 is 5.97 Å². The number of aliphatic carboxylic acids is 1. The van der Waals surface area contributed by atoms with E-state index in [1.54, 1.807) is 13.8 Å². The number of amides is 11. The zero-order valence-electron chi connectivity index (χ0n) is 46.8. The smallest absolute Gasteiger partial charge is 0.326 e. The lowest BCUT2D eigenvalue weighted by Crippen LogP contribution is -2.62. The van der Waals surface area contributed by atoms with Crippen molar-refractivity contribution in [3.63, 3.8) is 0 Å². The number of rotatable bonds is 33. The van der Waals surface area contributed by atoms with Gasteiger partial charge in [-0.05, 0) is 82.4 Å². The van der Waals surface area contributed by atoms with Crippen molar-refractivity contribution in [2.45, 2.75) is 178 Å². The minimum Gasteiger partial charge on any atom is -0.508 e. The van der Waals surface area contributed by atoms with Crippen LogP contribution in [0, 0.1) is 5.92 Å². The number of likely N-dealkylation sites (tertiary alicyclic amines) is 2. The maximum Gasteiger partial charge on any atom is 0.326 e. The van der Waals surface area contributed by atoms with Crippen molar-refractivity contribution in [3.8, 4) is 5.75 Å². The number of primary amides is 1. The summed E-state index contributed by atoms with van der Waals surface area (Å²) in [6, 6.07) is -9.20. The maximum atomic E-state index is 14.4. The molecule has 28 nitrogen and oxygen atoms in total. The molecule has 0 bridgehead atoms. The molecular formula is C52H82N12O16S2. The lowest BCUT2D eigenvalue weighted by molar-refractivity contribution is -0.148. The Bertz CT molecular complexity index is 2420. The predicted octanol–water partition coefficient (Wildman–Crippen LogP) is -4.04. The molecule has 30 heteroatoms. The molecule has 12 atom stereocenters. The summed E-state index contributed by atoms with van der Waals surface area (Å²) >= 11 is 8.28. The Hall–Kier alpha value is -6.76. The number of aromatic hydroxyl groups is 1. The fourth-order valence-electron chi connectivity index (χ4n) is 9.12. The van der Waals surface area contributed by atoms with Gasteiger partial charge in [-0.15, -0.1) is 0 Å². The first-order valence-electron chi connectivity index (χ1n) is 27.3. The van der Waals surface area contributed by atoms with Crippen LogP contribution in [0.3, 0.4) is 0 Å². The van der Waals surface area contributed by atoms with Crippen LogP contribution < -0.4 is 54.0 Å². The summed E-state index contributed by atoms with van der Waals surface area (Å²) in [6.07, 6.45) is 0.443. The van der Waals surface area contributed by atoms with E-state index in [1.165, 1.54) is 47.9 Å². The van der Waals surface area contributed by atoms with Crippen LogP contribution in [0.4, 0.5) is 0 Å². The number of hydrogen-bond donors (Lipinski definition) is 16. The van der Waals surface area contributed by atoms with Gasteiger partial charge in [-0.1, -0.05) is 45.7 Å². The molecule has 1 aromatic carbocycles. The van der Waals surface area contributed by atoms with E-state index in [-0.39, 0.29) is 74.8 Å². The SMILES string of the molecule is CCCC[C@H](N)C(=O)N[C@@H](CS)C(=O)N[C@H](C(=O)N[C@@H](C)C(=O)N[C@@H](CO)C(=O)N[C@@H](CC(C)C)C(=O)N1CCC[C@H]1C(=O)N1CCC[C@H]1C(=O)N[C@@H](CCC(N)=O)C(=O)N[C@@H](CS)C(=O)N[C@@H](Cc1ccc(O)cc1)C(=O)O)[C@@H](C)O. The van der Waals surface area contributed by atoms with Crippen molar-refractivity contribution in [2.24, 2.45) is 17.4 Å². The Morgan fingerprint density at radius 2 is 1.17 bits per heavy atom. The quantitative estimate of drug-likeness (QED) is 0.0298. The summed E-state index contributed by atoms with van der Waals surface area (Å²) in [6.45, 7) is 7.06. The molecule has 2 saturated heterocycles. The molecule has 0 unspecified atom stereocenters. The van der Waals surface area contributed by atoms with Crippen molar-refractivity contribution in [1.82, 2.24) is 52.3 Å². The van der Waals surface area contributed by atoms with Gasteiger partial charge in [-0.25, -0.2) is 4.79 Å². The largest absolute Gasteiger partial charge is 0.508 e. The molecule has 0 aromatic heterocycles. The van der Waals surface area contributed by atoms with E-state index >= 15 is 0 Å². The highest BCUT2D eigenvalue weighted by atomic mass is 32.1. The number of carboxylic acids is 1. The molecule has 11 amide bonds. The highest BCUT2D eigenvalue weighted by molar-refractivity contribution is 7.80. The van der Waals surface area contributed by atoms with E-state index in [9.17, 15) is 78.0 Å². The van der Waals surface area contributed by atoms with E-state index in [1.807, 2.05) is 6.92 Å². The molecule has 16 N–H and O–H groups in total. The van der Waals surface area contributed by atoms with Crippen LogP contribution in [0.5, 0.6) is 5.75 Å². The third kappa shape index (κ3) is 21.2. The van der Waals surface area contributed by atoms with Gasteiger partial charge in [0.15, 0.2) is 0 Å². The molecule has 2 heterocycles. The van der Waals surface area contributed by atoms with Gasteiger partial charge in [-0.2, -0.15) is 25.3 Å². The number of nitrogens with zero attached hydrogens (tertiary/aromatic N) is 2. The molecule has 0 saturated carbocycles. The number of thiol groups is 2. The number of carbonyl (C=O) groups excluding carboxylic acids is 11. The number of phenols is 1. The van der Waals surface area contributed by atoms with Gasteiger partial charge in [-0.3, -0.25) is 52.7 Å². The number of aliphatic hydroxyl groups is 2. The number of carboxylic acid groups (broad SMARTS) is 1. The second kappa shape index (κ2) is 34.0. The van der Waals surface area contributed by atoms with Crippen molar-refractivity contribution >= 4 is 96.2 Å². The molecule has 82 heavy (non-hydrogen) atoms. The topological polar surface area (TPSA) is 441 Å². The fraction of sp³-hybridized carbons (Fsp3) is 0.654. The molecule has 458 valence electrons. The van der Waals surface area contributed by atoms with Crippen LogP contribution >= 0.6 is 25.3 Å². The van der Waals surface area contributed by atoms with Gasteiger partial charge in [0.2, 0.25) is 65.0 Å². The zero-order valence-corrected chi connectivity index (χ0v) is 48.5. The number of unbranched alkanes of at least 4 members (excludes halogenated alkanes) is 1. The molecule has 0 radical (unpaired) electrons. The molecule has 0 spiro atoms. The predicted molar refractivity (Wildman–Crippen MR) is 302 cm³/mol. The number of phenolic OH excluding ortho intramolecular Hbond substituents is 1. The first kappa shape index (κ1) is 69.5. The average molecular weight is 1200 g/mol. The van der Waals surface area contributed by atoms with Crippen molar-refractivity contribution in [3.05, 3.63) is 29.8 Å². The number of carbonyl (C=O) groups is 12. The number of benzene rings is 1. The third-order valence-electron chi connectivity index (χ3n) is 13.8. The van der Waals surface area contributed by atoms with Crippen LogP contribution in [0.1, 0.15) is 104 Å². The second-order valence-corrected chi connectivity index (χ2v) is 21.6. The minimum atomic E-state index is -1.67. The molecule has 2 fully saturated rings. The molecule has 3 rings (SSSR count). The summed E-state index contributed by atoms with van der Waals surface area (Å²) in [5.41, 5.74) is 11.8. The molecule has 1 aromatic rings. The van der Waals surface area contributed by atoms with E-state index in [2.05, 4.69) is 67.8 Å². The van der Waals surface area contributed by atoms with E-state index in [0.29, 0.717) is 31.2 Å². The monoisotopic (exact) mass is 1190 g/mol. The summed E-state index contributed by atoms with van der Waals surface area (Å²) in [5, 5.41) is 59.5. The molecular weight excluding hydrogens is 1110 g/mol. The first-order chi connectivity index (χ1) is 38.7. The Labute approximate surface area is 486 Å². The maximum absolute atomic E-state index is 14.4. The van der Waals surface area contributed by atoms with Gasteiger partial charge in [0.25, 0.3) is 0 Å². The van der Waals surface area contributed by atoms with Crippen LogP contribution in [-0.4, -0.2) is 205 Å². The summed E-state index contributed by atoms with van der Waals surface area (Å²) in [4.78, 5) is 163. The number of nitrogens with one attached hydrogen (secondary N) is 8. The summed E-state index contributed by atoms with van der Waals surface area (Å²) < 4.78 is 0. The second-order valence-electron chi connectivity index (χ2n) is 20.8. The lowest BCUT2D eigenvalue weighted by atomic mass is 10.0. The molecule has 0 aliphatic carbocycles. The third-order valence-corrected chi connectivity index (χ3v) is 14.5. The van der Waals surface area contributed by atoms with Crippen LogP contribution in [0.25, 0.3) is 0 Å². The Balaban J connectivity index is 1.70. The summed E-state index contributed by atoms with van der Waals surface area (Å²) in [7, 11) is 0. The highest BCUT2D eigenvalue weighted by Gasteiger charge is 2.45. The van der Waals surface area contributed by atoms with Gasteiger partial charge in [0, 0.05) is 37.4 Å². The van der Waals surface area contributed by atoms with Gasteiger partial charge < -0.3 is 84.2 Å². The van der Waals surface area contributed by atoms with Crippen molar-refractivity contribution in [1.29, 1.82) is 0 Å². The zero-order chi connectivity index (χ0) is 61.5. The molecule has 2 aliphatic rings. The van der Waals surface area contributed by atoms with Crippen LogP contribution in [0.2, 0.25) is 0 Å². The van der Waals surface area contributed by atoms with Gasteiger partial charge in [0.1, 0.15) is 66.2 Å². The standard InChI is InChI=1S/C52H82N12O16S2/c1-6-7-10-31(53)43(70)60-37(25-82)47(74)62-41(28(5)66)49(76)55-27(4)42(69)59-35(23-65)45(72)57-33(21-26(2)3)50(77)64-20-9-12-39(64)51(78)63-19-8-11-38(63)48(75)56-32(17-18-40(54)68)44(71)61-36(24-81)46(73)58-34(52(79)80)22-29-13-15-30(67)16-14-29/h13-16,26-28,31-39,41,65-67,81-82H,6-12,17-25,53H2,1-5H3,(H2,54,68)(H,55,76)(H,56,75)(H,57,72)(H,58,73)(H,59,69)(H,60,70)(H,61,71)(H,62,74)(H,79,80)/t27-,28+,31-,32-,33-,34-,35-,36-,37-,38-,39-,41-/m0/s1. The minimum absolute atomic E-state index is 0.0373. The number of nitrogens with two attached hydrogens (primary N) is 2. The van der Waals surface area contributed by atoms with E-state index < -0.39 is 150 Å². The van der Waals surface area contributed by atoms with Gasteiger partial charge in [0.05, 0.1) is 18.8 Å². The Morgan fingerprint density at radius 3 is 1.72 bits per heavy atom. The van der Waals surface area contributed by atoms with E-state index in [4.69, 9.17) is 11.5 Å². The highest BCUT2D eigenvalue weighted by Crippen LogP contribution is 2.27. The average Bonchev–Trinajstić information content (AvgIpc) is 4.24.